The van der Waals surface area contributed by atoms with Crippen LogP contribution in [0.3, 0.4) is 0 Å². The highest BCUT2D eigenvalue weighted by molar-refractivity contribution is 6.42. The number of amides is 2. The molecule has 2 amide bonds. The van der Waals surface area contributed by atoms with E-state index in [1.807, 2.05) is 13.0 Å². The highest BCUT2D eigenvalue weighted by Crippen LogP contribution is 2.30. The first-order chi connectivity index (χ1) is 14.5. The summed E-state index contributed by atoms with van der Waals surface area (Å²) >= 11 is 12.2. The van der Waals surface area contributed by atoms with Crippen LogP contribution in [-0.2, 0) is 0 Å². The maximum Gasteiger partial charge on any atom is 0.331 e. The van der Waals surface area contributed by atoms with E-state index in [4.69, 9.17) is 28.2 Å². The highest BCUT2D eigenvalue weighted by Gasteiger charge is 2.33. The number of nitrogens with one attached hydrogen (secondary N) is 1. The standard InChI is InChI=1S/C21H26Cl2N6O/c1-3-27(16-5-4-8-24-13-16)19-11-14(2)25-20(26-19)29-10-9-28(21(29)30)15-6-7-17(22)18(23)12-15/h6-7,11-12,16,24H,3-5,8-10,13H2,1-2H3. The molecule has 1 aromatic carbocycles. The normalized spacial score (nSPS) is 19.5. The van der Waals surface area contributed by atoms with E-state index in [1.54, 1.807) is 28.0 Å². The molecule has 3 heterocycles. The minimum atomic E-state index is -0.160. The van der Waals surface area contributed by atoms with Crippen LogP contribution in [0.2, 0.25) is 10.0 Å². The van der Waals surface area contributed by atoms with Gasteiger partial charge in [0.25, 0.3) is 0 Å². The molecule has 2 aromatic rings. The maximum absolute atomic E-state index is 13.1. The highest BCUT2D eigenvalue weighted by atomic mass is 35.5. The van der Waals surface area contributed by atoms with Crippen LogP contribution in [0.5, 0.6) is 0 Å². The van der Waals surface area contributed by atoms with Crippen molar-refractivity contribution < 1.29 is 4.79 Å². The quantitative estimate of drug-likeness (QED) is 0.744. The Balaban J connectivity index is 1.59. The molecule has 2 fully saturated rings. The van der Waals surface area contributed by atoms with Crippen LogP contribution < -0.4 is 20.0 Å². The van der Waals surface area contributed by atoms with Gasteiger partial charge >= 0.3 is 6.03 Å². The molecular weight excluding hydrogens is 423 g/mol. The van der Waals surface area contributed by atoms with Gasteiger partial charge in [-0.3, -0.25) is 9.80 Å². The Morgan fingerprint density at radius 2 is 1.97 bits per heavy atom. The zero-order valence-corrected chi connectivity index (χ0v) is 18.7. The van der Waals surface area contributed by atoms with Crippen molar-refractivity contribution in [3.8, 4) is 0 Å². The van der Waals surface area contributed by atoms with Crippen LogP contribution in [0.25, 0.3) is 0 Å². The predicted octanol–water partition coefficient (Wildman–Crippen LogP) is 4.12. The van der Waals surface area contributed by atoms with Gasteiger partial charge in [-0.2, -0.15) is 4.98 Å². The lowest BCUT2D eigenvalue weighted by atomic mass is 10.1. The summed E-state index contributed by atoms with van der Waals surface area (Å²) in [6, 6.07) is 7.45. The Hall–Kier alpha value is -2.09. The number of piperidine rings is 1. The summed E-state index contributed by atoms with van der Waals surface area (Å²) in [5.74, 6) is 1.31. The number of rotatable bonds is 5. The van der Waals surface area contributed by atoms with E-state index in [0.717, 1.165) is 44.0 Å². The summed E-state index contributed by atoms with van der Waals surface area (Å²) in [4.78, 5) is 28.1. The third-order valence-corrected chi connectivity index (χ3v) is 6.38. The van der Waals surface area contributed by atoms with Gasteiger partial charge in [-0.1, -0.05) is 23.2 Å². The average molecular weight is 449 g/mol. The lowest BCUT2D eigenvalue weighted by molar-refractivity contribution is 0.255. The van der Waals surface area contributed by atoms with E-state index in [0.29, 0.717) is 40.8 Å². The Bertz CT molecular complexity index is 934. The van der Waals surface area contributed by atoms with Gasteiger partial charge in [-0.05, 0) is 51.4 Å². The van der Waals surface area contributed by atoms with E-state index in [2.05, 4.69) is 22.1 Å². The van der Waals surface area contributed by atoms with Crippen LogP contribution in [0.4, 0.5) is 22.2 Å². The number of halogens is 2. The molecule has 0 aliphatic carbocycles. The van der Waals surface area contributed by atoms with Gasteiger partial charge in [-0.15, -0.1) is 0 Å². The lowest BCUT2D eigenvalue weighted by Gasteiger charge is -2.35. The topological polar surface area (TPSA) is 64.6 Å². The fraction of sp³-hybridized carbons (Fsp3) is 0.476. The monoisotopic (exact) mass is 448 g/mol. The molecule has 4 rings (SSSR count). The van der Waals surface area contributed by atoms with Crippen LogP contribution in [0, 0.1) is 6.92 Å². The first-order valence-electron chi connectivity index (χ1n) is 10.3. The predicted molar refractivity (Wildman–Crippen MR) is 122 cm³/mol. The van der Waals surface area contributed by atoms with Crippen molar-refractivity contribution in [3.63, 3.8) is 0 Å². The minimum absolute atomic E-state index is 0.160. The van der Waals surface area contributed by atoms with Crippen LogP contribution >= 0.6 is 23.2 Å². The number of benzene rings is 1. The first kappa shape index (κ1) is 21.2. The molecule has 1 unspecified atom stereocenters. The Kier molecular flexibility index (Phi) is 6.32. The largest absolute Gasteiger partial charge is 0.352 e. The third kappa shape index (κ3) is 4.19. The summed E-state index contributed by atoms with van der Waals surface area (Å²) in [7, 11) is 0. The van der Waals surface area contributed by atoms with Crippen molar-refractivity contribution in [1.82, 2.24) is 15.3 Å². The molecule has 1 N–H and O–H groups in total. The molecule has 9 heteroatoms. The van der Waals surface area contributed by atoms with Gasteiger partial charge in [-0.25, -0.2) is 9.78 Å². The first-order valence-corrected chi connectivity index (χ1v) is 11.1. The zero-order chi connectivity index (χ0) is 21.3. The van der Waals surface area contributed by atoms with Crippen LogP contribution in [0.1, 0.15) is 25.5 Å². The summed E-state index contributed by atoms with van der Waals surface area (Å²) in [6.07, 6.45) is 2.29. The molecule has 1 aromatic heterocycles. The number of carbonyl (C=O) groups is 1. The number of anilines is 3. The van der Waals surface area contributed by atoms with E-state index in [9.17, 15) is 4.79 Å². The molecule has 0 saturated carbocycles. The fourth-order valence-electron chi connectivity index (χ4n) is 4.13. The molecule has 0 spiro atoms. The van der Waals surface area contributed by atoms with Gasteiger partial charge in [0.05, 0.1) is 10.0 Å². The number of hydrogen-bond donors (Lipinski definition) is 1. The second-order valence-corrected chi connectivity index (χ2v) is 8.45. The summed E-state index contributed by atoms with van der Waals surface area (Å²) < 4.78 is 0. The van der Waals surface area contributed by atoms with Gasteiger partial charge in [0.2, 0.25) is 5.95 Å². The molecule has 0 bridgehead atoms. The molecule has 0 radical (unpaired) electrons. The smallest absolute Gasteiger partial charge is 0.331 e. The van der Waals surface area contributed by atoms with Gasteiger partial charge in [0.1, 0.15) is 5.82 Å². The van der Waals surface area contributed by atoms with Gasteiger partial charge in [0.15, 0.2) is 0 Å². The molecule has 2 saturated heterocycles. The van der Waals surface area contributed by atoms with Crippen molar-refractivity contribution in [3.05, 3.63) is 40.0 Å². The Labute approximate surface area is 187 Å². The van der Waals surface area contributed by atoms with E-state index >= 15 is 0 Å². The average Bonchev–Trinajstić information content (AvgIpc) is 3.12. The summed E-state index contributed by atoms with van der Waals surface area (Å²) in [5.41, 5.74) is 1.56. The van der Waals surface area contributed by atoms with Crippen molar-refractivity contribution in [2.45, 2.75) is 32.7 Å². The van der Waals surface area contributed by atoms with Crippen LogP contribution in [-0.4, -0.2) is 54.8 Å². The second-order valence-electron chi connectivity index (χ2n) is 7.64. The van der Waals surface area contributed by atoms with Crippen molar-refractivity contribution in [2.24, 2.45) is 0 Å². The third-order valence-electron chi connectivity index (χ3n) is 5.64. The van der Waals surface area contributed by atoms with Crippen molar-refractivity contribution >= 4 is 46.7 Å². The molecule has 2 aliphatic heterocycles. The number of carbonyl (C=O) groups excluding carboxylic acids is 1. The molecule has 2 aliphatic rings. The molecular formula is C21H26Cl2N6O. The minimum Gasteiger partial charge on any atom is -0.352 e. The van der Waals surface area contributed by atoms with Crippen LogP contribution in [0.15, 0.2) is 24.3 Å². The van der Waals surface area contributed by atoms with E-state index in [1.165, 1.54) is 0 Å². The number of urea groups is 1. The van der Waals surface area contributed by atoms with Crippen molar-refractivity contribution in [2.75, 3.05) is 47.4 Å². The number of likely N-dealkylation sites (N-methyl/N-ethyl adjacent to an activating group) is 1. The van der Waals surface area contributed by atoms with E-state index in [-0.39, 0.29) is 6.03 Å². The number of hydrogen-bond acceptors (Lipinski definition) is 5. The zero-order valence-electron chi connectivity index (χ0n) is 17.2. The number of aromatic nitrogens is 2. The Morgan fingerprint density at radius 1 is 1.17 bits per heavy atom. The van der Waals surface area contributed by atoms with Gasteiger partial charge in [0, 0.05) is 49.7 Å². The number of nitrogens with zero attached hydrogens (tertiary/aromatic N) is 5. The van der Waals surface area contributed by atoms with E-state index < -0.39 is 0 Å². The maximum atomic E-state index is 13.1. The molecule has 30 heavy (non-hydrogen) atoms. The molecule has 1 atom stereocenters. The molecule has 7 nitrogen and oxygen atoms in total. The fourth-order valence-corrected chi connectivity index (χ4v) is 4.42. The second kappa shape index (κ2) is 8.96. The summed E-state index contributed by atoms with van der Waals surface area (Å²) in [5, 5.41) is 4.36. The Morgan fingerprint density at radius 3 is 2.67 bits per heavy atom. The van der Waals surface area contributed by atoms with Crippen molar-refractivity contribution in [1.29, 1.82) is 0 Å². The number of aryl methyl sites for hydroxylation is 1. The molecule has 160 valence electrons. The van der Waals surface area contributed by atoms with Gasteiger partial charge < -0.3 is 10.2 Å². The SMILES string of the molecule is CCN(c1cc(C)nc(N2CCN(c3ccc(Cl)c(Cl)c3)C2=O)n1)C1CCCNC1. The lowest BCUT2D eigenvalue weighted by Crippen LogP contribution is -2.46. The summed E-state index contributed by atoms with van der Waals surface area (Å²) in [6.45, 7) is 7.99.